The molecular weight excluding hydrogens is 354 g/mol. The Balaban J connectivity index is 1.28. The van der Waals surface area contributed by atoms with Crippen molar-refractivity contribution in [2.45, 2.75) is 6.42 Å². The quantitative estimate of drug-likeness (QED) is 0.458. The molecule has 5 heteroatoms. The first kappa shape index (κ1) is 16.9. The molecule has 5 rings (SSSR count). The molecule has 0 unspecified atom stereocenters. The number of carbonyl (C=O) groups is 3. The van der Waals surface area contributed by atoms with Crippen molar-refractivity contribution in [1.29, 1.82) is 0 Å². The summed E-state index contributed by atoms with van der Waals surface area (Å²) < 4.78 is 5.56. The van der Waals surface area contributed by atoms with Crippen molar-refractivity contribution in [1.82, 2.24) is 0 Å². The van der Waals surface area contributed by atoms with Crippen LogP contribution in [0.15, 0.2) is 66.7 Å². The smallest absolute Gasteiger partial charge is 0.238 e. The number of hydrogen-bond acceptors (Lipinski definition) is 4. The molecule has 5 nitrogen and oxygen atoms in total. The van der Waals surface area contributed by atoms with Crippen molar-refractivity contribution in [3.8, 4) is 5.75 Å². The van der Waals surface area contributed by atoms with E-state index in [1.807, 2.05) is 18.2 Å². The van der Waals surface area contributed by atoms with Gasteiger partial charge < -0.3 is 4.74 Å². The minimum Gasteiger partial charge on any atom is -0.485 e. The topological polar surface area (TPSA) is 63.7 Å². The van der Waals surface area contributed by atoms with Crippen molar-refractivity contribution in [2.75, 3.05) is 11.5 Å². The molecule has 3 aliphatic rings. The molecule has 1 aliphatic heterocycles. The molecule has 28 heavy (non-hydrogen) atoms. The zero-order valence-corrected chi connectivity index (χ0v) is 15.2. The molecular formula is C23H19NO4. The lowest BCUT2D eigenvalue weighted by Gasteiger charge is -2.17. The fourth-order valence-electron chi connectivity index (χ4n) is 4.70. The number of hydrogen-bond donors (Lipinski definition) is 0. The molecule has 2 aromatic rings. The van der Waals surface area contributed by atoms with Crippen molar-refractivity contribution in [2.24, 2.45) is 23.7 Å². The van der Waals surface area contributed by atoms with E-state index in [-0.39, 0.29) is 47.9 Å². The molecule has 1 heterocycles. The summed E-state index contributed by atoms with van der Waals surface area (Å²) in [7, 11) is 0. The number of benzene rings is 2. The number of imide groups is 1. The molecule has 0 spiro atoms. The van der Waals surface area contributed by atoms with Gasteiger partial charge in [-0.2, -0.15) is 0 Å². The molecule has 1 saturated carbocycles. The molecule has 2 amide bonds. The highest BCUT2D eigenvalue weighted by Gasteiger charge is 2.59. The standard InChI is InChI=1S/C23H19NO4/c25-19(14-4-2-1-3-5-14)13-28-18-10-8-17(9-11-18)24-22(26)20-15-6-7-16(12-15)21(20)23(24)27/h1-11,15-16,20-21H,12-13H2/t15-,16-,20-,21-/m0/s1. The Hall–Kier alpha value is -3.21. The van der Waals surface area contributed by atoms with Gasteiger partial charge in [0.05, 0.1) is 17.5 Å². The van der Waals surface area contributed by atoms with E-state index in [2.05, 4.69) is 12.2 Å². The van der Waals surface area contributed by atoms with E-state index in [9.17, 15) is 14.4 Å². The molecule has 2 fully saturated rings. The average Bonchev–Trinajstić information content (AvgIpc) is 3.41. The lowest BCUT2D eigenvalue weighted by atomic mass is 9.85. The first-order valence-electron chi connectivity index (χ1n) is 9.51. The summed E-state index contributed by atoms with van der Waals surface area (Å²) in [5.74, 6) is 0.203. The van der Waals surface area contributed by atoms with Gasteiger partial charge in [-0.3, -0.25) is 19.3 Å². The number of anilines is 1. The van der Waals surface area contributed by atoms with Crippen molar-refractivity contribution in [3.05, 3.63) is 72.3 Å². The Kier molecular flexibility index (Phi) is 3.90. The zero-order chi connectivity index (χ0) is 19.3. The normalized spacial score (nSPS) is 27.4. The Labute approximate surface area is 162 Å². The zero-order valence-electron chi connectivity index (χ0n) is 15.2. The number of fused-ring (bicyclic) bond motifs is 5. The third kappa shape index (κ3) is 2.58. The highest BCUT2D eigenvalue weighted by Crippen LogP contribution is 2.53. The third-order valence-corrected chi connectivity index (χ3v) is 6.03. The van der Waals surface area contributed by atoms with E-state index < -0.39 is 0 Å². The van der Waals surface area contributed by atoms with E-state index in [1.54, 1.807) is 36.4 Å². The second-order valence-electron chi connectivity index (χ2n) is 7.58. The Bertz CT molecular complexity index is 949. The number of rotatable bonds is 5. The van der Waals surface area contributed by atoms with Crippen LogP contribution in [0.3, 0.4) is 0 Å². The largest absolute Gasteiger partial charge is 0.485 e. The van der Waals surface area contributed by atoms with Gasteiger partial charge in [0.25, 0.3) is 0 Å². The minimum atomic E-state index is -0.207. The monoisotopic (exact) mass is 373 g/mol. The number of allylic oxidation sites excluding steroid dienone is 2. The van der Waals surface area contributed by atoms with Crippen LogP contribution >= 0.6 is 0 Å². The van der Waals surface area contributed by atoms with Crippen LogP contribution in [0.2, 0.25) is 0 Å². The molecule has 140 valence electrons. The van der Waals surface area contributed by atoms with E-state index >= 15 is 0 Å². The van der Waals surface area contributed by atoms with Crippen LogP contribution in [0.25, 0.3) is 0 Å². The average molecular weight is 373 g/mol. The highest BCUT2D eigenvalue weighted by atomic mass is 16.5. The molecule has 2 aromatic carbocycles. The van der Waals surface area contributed by atoms with Crippen LogP contribution in [-0.2, 0) is 9.59 Å². The molecule has 0 aromatic heterocycles. The summed E-state index contributed by atoms with van der Waals surface area (Å²) in [4.78, 5) is 39.1. The van der Waals surface area contributed by atoms with Crippen LogP contribution in [0.1, 0.15) is 16.8 Å². The van der Waals surface area contributed by atoms with Crippen LogP contribution in [0.4, 0.5) is 5.69 Å². The molecule has 0 N–H and O–H groups in total. The summed E-state index contributed by atoms with van der Waals surface area (Å²) in [5, 5.41) is 0. The van der Waals surface area contributed by atoms with E-state index in [0.29, 0.717) is 17.0 Å². The van der Waals surface area contributed by atoms with E-state index in [1.165, 1.54) is 4.90 Å². The van der Waals surface area contributed by atoms with Gasteiger partial charge >= 0.3 is 0 Å². The van der Waals surface area contributed by atoms with E-state index in [0.717, 1.165) is 6.42 Å². The Morgan fingerprint density at radius 3 is 2.11 bits per heavy atom. The maximum atomic E-state index is 12.8. The predicted molar refractivity (Wildman–Crippen MR) is 103 cm³/mol. The number of amides is 2. The molecule has 0 radical (unpaired) electrons. The van der Waals surface area contributed by atoms with Gasteiger partial charge in [-0.15, -0.1) is 0 Å². The van der Waals surface area contributed by atoms with Crippen molar-refractivity contribution in [3.63, 3.8) is 0 Å². The van der Waals surface area contributed by atoms with Gasteiger partial charge in [-0.05, 0) is 42.5 Å². The SMILES string of the molecule is O=C(COc1ccc(N2C(=O)[C@@H]3[C@@H](C2=O)[C@H]2C=C[C@H]3C2)cc1)c1ccccc1. The van der Waals surface area contributed by atoms with Crippen LogP contribution in [0.5, 0.6) is 5.75 Å². The van der Waals surface area contributed by atoms with Crippen LogP contribution in [0, 0.1) is 23.7 Å². The van der Waals surface area contributed by atoms with Crippen molar-refractivity contribution < 1.29 is 19.1 Å². The number of nitrogens with zero attached hydrogens (tertiary/aromatic N) is 1. The summed E-state index contributed by atoms with van der Waals surface area (Å²) in [5.41, 5.74) is 1.16. The highest BCUT2D eigenvalue weighted by molar-refractivity contribution is 6.22. The lowest BCUT2D eigenvalue weighted by molar-refractivity contribution is -0.123. The van der Waals surface area contributed by atoms with Gasteiger partial charge in [0, 0.05) is 5.56 Å². The fourth-order valence-corrected chi connectivity index (χ4v) is 4.70. The molecule has 2 bridgehead atoms. The maximum absolute atomic E-state index is 12.8. The fraction of sp³-hybridized carbons (Fsp3) is 0.261. The first-order chi connectivity index (χ1) is 13.6. The van der Waals surface area contributed by atoms with Gasteiger partial charge in [-0.1, -0.05) is 42.5 Å². The van der Waals surface area contributed by atoms with Gasteiger partial charge in [0.1, 0.15) is 5.75 Å². The van der Waals surface area contributed by atoms with Gasteiger partial charge in [0.2, 0.25) is 11.8 Å². The first-order valence-corrected chi connectivity index (χ1v) is 9.51. The second kappa shape index (κ2) is 6.44. The predicted octanol–water partition coefficient (Wildman–Crippen LogP) is 3.26. The van der Waals surface area contributed by atoms with E-state index in [4.69, 9.17) is 4.74 Å². The number of Topliss-reactive ketones (excluding diaryl/α,β-unsaturated/α-hetero) is 1. The van der Waals surface area contributed by atoms with Gasteiger partial charge in [-0.25, -0.2) is 0 Å². The summed E-state index contributed by atoms with van der Waals surface area (Å²) in [6.45, 7) is -0.0654. The molecule has 2 aliphatic carbocycles. The summed E-state index contributed by atoms with van der Waals surface area (Å²) in [6, 6.07) is 15.8. The van der Waals surface area contributed by atoms with Gasteiger partial charge in [0.15, 0.2) is 12.4 Å². The minimum absolute atomic E-state index is 0.0654. The Morgan fingerprint density at radius 1 is 0.893 bits per heavy atom. The molecule has 4 atom stereocenters. The molecule has 1 saturated heterocycles. The summed E-state index contributed by atoms with van der Waals surface area (Å²) in [6.07, 6.45) is 5.09. The second-order valence-corrected chi connectivity index (χ2v) is 7.58. The number of ketones is 1. The number of ether oxygens (including phenoxy) is 1. The third-order valence-electron chi connectivity index (χ3n) is 6.03. The lowest BCUT2D eigenvalue weighted by Crippen LogP contribution is -2.32. The maximum Gasteiger partial charge on any atom is 0.238 e. The van der Waals surface area contributed by atoms with Crippen molar-refractivity contribution >= 4 is 23.3 Å². The summed E-state index contributed by atoms with van der Waals surface area (Å²) >= 11 is 0. The Morgan fingerprint density at radius 2 is 1.50 bits per heavy atom. The van der Waals surface area contributed by atoms with Crippen LogP contribution in [-0.4, -0.2) is 24.2 Å². The number of carbonyl (C=O) groups excluding carboxylic acids is 3. The van der Waals surface area contributed by atoms with Crippen LogP contribution < -0.4 is 9.64 Å².